The Hall–Kier alpha value is -0.0400. The molecule has 1 heteroatoms. The summed E-state index contributed by atoms with van der Waals surface area (Å²) in [7, 11) is 0. The van der Waals surface area contributed by atoms with Crippen LogP contribution in [-0.4, -0.2) is 12.1 Å². The molecule has 1 rings (SSSR count). The van der Waals surface area contributed by atoms with Crippen LogP contribution in [0.5, 0.6) is 0 Å². The highest BCUT2D eigenvalue weighted by atomic mass is 15.0. The van der Waals surface area contributed by atoms with E-state index < -0.39 is 0 Å². The summed E-state index contributed by atoms with van der Waals surface area (Å²) < 4.78 is 0. The van der Waals surface area contributed by atoms with Crippen LogP contribution in [0.3, 0.4) is 0 Å². The lowest BCUT2D eigenvalue weighted by Gasteiger charge is -2.09. The molecule has 1 nitrogen and oxygen atoms in total. The topological polar surface area (TPSA) is 12.0 Å². The predicted octanol–water partition coefficient (Wildman–Crippen LogP) is 1.93. The highest BCUT2D eigenvalue weighted by Gasteiger charge is 2.19. The maximum Gasteiger partial charge on any atom is 0.00676 e. The number of hydrogen-bond acceptors (Lipinski definition) is 1. The second-order valence-electron chi connectivity index (χ2n) is 2.95. The van der Waals surface area contributed by atoms with Crippen molar-refractivity contribution < 1.29 is 0 Å². The van der Waals surface area contributed by atoms with E-state index in [-0.39, 0.29) is 0 Å². The SMILES string of the molecule is CC[C@H]1CC[C@H](CC)N1. The molecule has 0 aliphatic carbocycles. The van der Waals surface area contributed by atoms with Gasteiger partial charge in [0.25, 0.3) is 0 Å². The van der Waals surface area contributed by atoms with E-state index in [0.717, 1.165) is 12.1 Å². The molecular weight excluding hydrogens is 110 g/mol. The summed E-state index contributed by atoms with van der Waals surface area (Å²) >= 11 is 0. The Morgan fingerprint density at radius 2 is 1.56 bits per heavy atom. The van der Waals surface area contributed by atoms with E-state index in [0.29, 0.717) is 0 Å². The maximum absolute atomic E-state index is 3.59. The van der Waals surface area contributed by atoms with Crippen LogP contribution in [0, 0.1) is 0 Å². The lowest BCUT2D eigenvalue weighted by atomic mass is 10.1. The molecule has 1 aliphatic rings. The van der Waals surface area contributed by atoms with Crippen molar-refractivity contribution >= 4 is 0 Å². The third-order valence-corrected chi connectivity index (χ3v) is 2.32. The summed E-state index contributed by atoms with van der Waals surface area (Å²) in [4.78, 5) is 0. The van der Waals surface area contributed by atoms with Crippen LogP contribution >= 0.6 is 0 Å². The van der Waals surface area contributed by atoms with Gasteiger partial charge in [0, 0.05) is 12.1 Å². The molecule has 54 valence electrons. The average Bonchev–Trinajstić information content (AvgIpc) is 2.34. The maximum atomic E-state index is 3.59. The van der Waals surface area contributed by atoms with Crippen LogP contribution in [0.4, 0.5) is 0 Å². The summed E-state index contributed by atoms with van der Waals surface area (Å²) in [6, 6.07) is 1.66. The van der Waals surface area contributed by atoms with E-state index in [1.807, 2.05) is 0 Å². The lowest BCUT2D eigenvalue weighted by Crippen LogP contribution is -2.27. The molecule has 0 amide bonds. The van der Waals surface area contributed by atoms with Crippen molar-refractivity contribution in [2.75, 3.05) is 0 Å². The van der Waals surface area contributed by atoms with Crippen LogP contribution in [0.15, 0.2) is 0 Å². The fraction of sp³-hybridized carbons (Fsp3) is 1.00. The monoisotopic (exact) mass is 127 g/mol. The molecule has 1 aliphatic heterocycles. The van der Waals surface area contributed by atoms with Gasteiger partial charge in [0.2, 0.25) is 0 Å². The summed E-state index contributed by atoms with van der Waals surface area (Å²) in [5, 5.41) is 3.59. The normalized spacial score (nSPS) is 35.3. The van der Waals surface area contributed by atoms with E-state index in [1.165, 1.54) is 25.7 Å². The van der Waals surface area contributed by atoms with Gasteiger partial charge in [-0.15, -0.1) is 0 Å². The molecule has 0 radical (unpaired) electrons. The van der Waals surface area contributed by atoms with Crippen LogP contribution in [-0.2, 0) is 0 Å². The Morgan fingerprint density at radius 1 is 1.11 bits per heavy atom. The predicted molar refractivity (Wildman–Crippen MR) is 40.5 cm³/mol. The summed E-state index contributed by atoms with van der Waals surface area (Å²) in [5.41, 5.74) is 0. The van der Waals surface area contributed by atoms with Gasteiger partial charge in [-0.1, -0.05) is 13.8 Å². The minimum atomic E-state index is 0.829. The first-order chi connectivity index (χ1) is 4.36. The summed E-state index contributed by atoms with van der Waals surface area (Å²) in [5.74, 6) is 0. The summed E-state index contributed by atoms with van der Waals surface area (Å²) in [6.45, 7) is 4.52. The molecule has 1 fully saturated rings. The van der Waals surface area contributed by atoms with Gasteiger partial charge in [-0.05, 0) is 25.7 Å². The fourth-order valence-electron chi connectivity index (χ4n) is 1.55. The van der Waals surface area contributed by atoms with Crippen molar-refractivity contribution in [1.82, 2.24) is 5.32 Å². The molecule has 9 heavy (non-hydrogen) atoms. The largest absolute Gasteiger partial charge is 0.311 e. The van der Waals surface area contributed by atoms with Gasteiger partial charge < -0.3 is 5.32 Å². The van der Waals surface area contributed by atoms with Crippen molar-refractivity contribution in [2.24, 2.45) is 0 Å². The third kappa shape index (κ3) is 1.68. The first-order valence-electron chi connectivity index (χ1n) is 4.12. The average molecular weight is 127 g/mol. The molecule has 2 atom stereocenters. The zero-order valence-electron chi connectivity index (χ0n) is 6.48. The van der Waals surface area contributed by atoms with Crippen molar-refractivity contribution in [2.45, 2.75) is 51.6 Å². The molecule has 0 saturated carbocycles. The van der Waals surface area contributed by atoms with E-state index in [4.69, 9.17) is 0 Å². The van der Waals surface area contributed by atoms with Crippen LogP contribution in [0.1, 0.15) is 39.5 Å². The highest BCUT2D eigenvalue weighted by Crippen LogP contribution is 2.16. The quantitative estimate of drug-likeness (QED) is 0.597. The molecule has 0 aromatic rings. The van der Waals surface area contributed by atoms with E-state index in [9.17, 15) is 0 Å². The van der Waals surface area contributed by atoms with Gasteiger partial charge in [0.1, 0.15) is 0 Å². The zero-order valence-corrected chi connectivity index (χ0v) is 6.48. The van der Waals surface area contributed by atoms with Gasteiger partial charge in [0.05, 0.1) is 0 Å². The smallest absolute Gasteiger partial charge is 0.00676 e. The first kappa shape index (κ1) is 7.07. The molecule has 0 bridgehead atoms. The van der Waals surface area contributed by atoms with E-state index >= 15 is 0 Å². The minimum absolute atomic E-state index is 0.829. The molecular formula is C8H17N. The molecule has 0 unspecified atom stereocenters. The molecule has 0 aromatic heterocycles. The van der Waals surface area contributed by atoms with Gasteiger partial charge in [0.15, 0.2) is 0 Å². The minimum Gasteiger partial charge on any atom is -0.311 e. The van der Waals surface area contributed by atoms with Crippen LogP contribution in [0.2, 0.25) is 0 Å². The molecule has 1 N–H and O–H groups in total. The van der Waals surface area contributed by atoms with E-state index in [2.05, 4.69) is 19.2 Å². The Kier molecular flexibility index (Phi) is 2.52. The Balaban J connectivity index is 2.20. The fourth-order valence-corrected chi connectivity index (χ4v) is 1.55. The van der Waals surface area contributed by atoms with Crippen molar-refractivity contribution in [1.29, 1.82) is 0 Å². The number of rotatable bonds is 2. The Bertz CT molecular complexity index is 70.6. The zero-order chi connectivity index (χ0) is 6.69. The molecule has 1 heterocycles. The van der Waals surface area contributed by atoms with Crippen molar-refractivity contribution in [3.05, 3.63) is 0 Å². The Morgan fingerprint density at radius 3 is 1.78 bits per heavy atom. The van der Waals surface area contributed by atoms with Crippen molar-refractivity contribution in [3.8, 4) is 0 Å². The standard InChI is InChI=1S/C8H17N/c1-3-7-5-6-8(4-2)9-7/h7-9H,3-6H2,1-2H3/t7-,8-/m0/s1. The molecule has 1 saturated heterocycles. The Labute approximate surface area is 57.8 Å². The molecule has 0 aromatic carbocycles. The number of nitrogens with one attached hydrogen (secondary N) is 1. The van der Waals surface area contributed by atoms with Crippen LogP contribution < -0.4 is 5.32 Å². The summed E-state index contributed by atoms with van der Waals surface area (Å²) in [6.07, 6.45) is 5.40. The third-order valence-electron chi connectivity index (χ3n) is 2.32. The first-order valence-corrected chi connectivity index (χ1v) is 4.12. The van der Waals surface area contributed by atoms with E-state index in [1.54, 1.807) is 0 Å². The van der Waals surface area contributed by atoms with Gasteiger partial charge in [-0.2, -0.15) is 0 Å². The second-order valence-corrected chi connectivity index (χ2v) is 2.95. The second kappa shape index (κ2) is 3.21. The van der Waals surface area contributed by atoms with Crippen LogP contribution in [0.25, 0.3) is 0 Å². The lowest BCUT2D eigenvalue weighted by molar-refractivity contribution is 0.517. The van der Waals surface area contributed by atoms with Gasteiger partial charge in [-0.3, -0.25) is 0 Å². The van der Waals surface area contributed by atoms with Gasteiger partial charge in [-0.25, -0.2) is 0 Å². The number of hydrogen-bond donors (Lipinski definition) is 1. The highest BCUT2D eigenvalue weighted by molar-refractivity contribution is 4.80. The molecule has 0 spiro atoms. The van der Waals surface area contributed by atoms with Gasteiger partial charge >= 0.3 is 0 Å². The van der Waals surface area contributed by atoms with Crippen molar-refractivity contribution in [3.63, 3.8) is 0 Å².